The zero-order valence-corrected chi connectivity index (χ0v) is 14.9. The molecule has 0 aliphatic carbocycles. The molecule has 1 aromatic heterocycles. The lowest BCUT2D eigenvalue weighted by molar-refractivity contribution is 0.423. The maximum absolute atomic E-state index is 6.26. The van der Waals surface area contributed by atoms with Crippen LogP contribution in [0.2, 0.25) is 5.02 Å². The van der Waals surface area contributed by atoms with E-state index in [1.807, 2.05) is 48.5 Å². The Labute approximate surface area is 152 Å². The molecule has 2 heterocycles. The highest BCUT2D eigenvalue weighted by atomic mass is 35.5. The molecule has 0 bridgehead atoms. The predicted octanol–water partition coefficient (Wildman–Crippen LogP) is 5.31. The second kappa shape index (κ2) is 6.89. The number of fused-ring (bicyclic) bond motifs is 1. The van der Waals surface area contributed by atoms with Crippen LogP contribution in [0.25, 0.3) is 11.0 Å². The van der Waals surface area contributed by atoms with Gasteiger partial charge in [-0.15, -0.1) is 0 Å². The molecule has 5 heteroatoms. The Bertz CT molecular complexity index is 891. The van der Waals surface area contributed by atoms with E-state index < -0.39 is 0 Å². The van der Waals surface area contributed by atoms with Crippen molar-refractivity contribution in [3.05, 3.63) is 53.6 Å². The minimum atomic E-state index is 0.515. The molecule has 25 heavy (non-hydrogen) atoms. The first kappa shape index (κ1) is 16.2. The third kappa shape index (κ3) is 3.40. The fraction of sp³-hybridized carbons (Fsp3) is 0.300. The fourth-order valence-electron chi connectivity index (χ4n) is 3.10. The van der Waals surface area contributed by atoms with Crippen molar-refractivity contribution in [1.29, 1.82) is 0 Å². The van der Waals surface area contributed by atoms with Crippen molar-refractivity contribution in [1.82, 2.24) is 9.97 Å². The maximum Gasteiger partial charge on any atom is 0.263 e. The number of nitrogens with zero attached hydrogens (tertiary/aromatic N) is 3. The van der Waals surface area contributed by atoms with E-state index >= 15 is 0 Å². The Balaban J connectivity index is 1.77. The molecule has 4 rings (SSSR count). The van der Waals surface area contributed by atoms with Crippen LogP contribution < -0.4 is 9.64 Å². The summed E-state index contributed by atoms with van der Waals surface area (Å²) in [7, 11) is 0. The van der Waals surface area contributed by atoms with Gasteiger partial charge >= 0.3 is 0 Å². The molecule has 3 aromatic rings. The summed E-state index contributed by atoms with van der Waals surface area (Å²) in [5.41, 5.74) is 1.70. The van der Waals surface area contributed by atoms with Gasteiger partial charge in [0.25, 0.3) is 5.88 Å². The summed E-state index contributed by atoms with van der Waals surface area (Å²) in [4.78, 5) is 11.8. The van der Waals surface area contributed by atoms with Crippen molar-refractivity contribution in [2.24, 2.45) is 5.92 Å². The number of benzene rings is 2. The molecule has 4 nitrogen and oxygen atoms in total. The molecule has 0 amide bonds. The molecule has 0 saturated carbocycles. The largest absolute Gasteiger partial charge is 0.434 e. The highest BCUT2D eigenvalue weighted by Crippen LogP contribution is 2.35. The second-order valence-electron chi connectivity index (χ2n) is 6.54. The normalized spacial score (nSPS) is 15.5. The molecule has 1 aliphatic heterocycles. The minimum Gasteiger partial charge on any atom is -0.434 e. The molecule has 1 fully saturated rings. The third-order valence-corrected chi connectivity index (χ3v) is 4.96. The number of anilines is 1. The highest BCUT2D eigenvalue weighted by molar-refractivity contribution is 6.32. The topological polar surface area (TPSA) is 38.2 Å². The van der Waals surface area contributed by atoms with Crippen LogP contribution in [-0.2, 0) is 0 Å². The number of para-hydroxylation sites is 3. The number of hydrogen-bond acceptors (Lipinski definition) is 4. The van der Waals surface area contributed by atoms with Gasteiger partial charge < -0.3 is 9.64 Å². The van der Waals surface area contributed by atoms with Gasteiger partial charge in [-0.05, 0) is 43.0 Å². The van der Waals surface area contributed by atoms with Gasteiger partial charge in [0.15, 0.2) is 5.82 Å². The molecule has 0 N–H and O–H groups in total. The number of ether oxygens (including phenoxy) is 1. The third-order valence-electron chi connectivity index (χ3n) is 4.65. The number of halogens is 1. The number of piperidine rings is 1. The van der Waals surface area contributed by atoms with Crippen LogP contribution in [0, 0.1) is 5.92 Å². The van der Waals surface area contributed by atoms with Gasteiger partial charge in [-0.2, -0.15) is 0 Å². The van der Waals surface area contributed by atoms with E-state index in [2.05, 4.69) is 11.8 Å². The summed E-state index contributed by atoms with van der Waals surface area (Å²) < 4.78 is 6.08. The van der Waals surface area contributed by atoms with Crippen molar-refractivity contribution in [2.45, 2.75) is 19.8 Å². The van der Waals surface area contributed by atoms with E-state index in [1.165, 1.54) is 0 Å². The number of rotatable bonds is 3. The summed E-state index contributed by atoms with van der Waals surface area (Å²) in [6.45, 7) is 4.23. The summed E-state index contributed by atoms with van der Waals surface area (Å²) in [6, 6.07) is 15.3. The maximum atomic E-state index is 6.26. The van der Waals surface area contributed by atoms with E-state index in [-0.39, 0.29) is 0 Å². The molecule has 0 atom stereocenters. The van der Waals surface area contributed by atoms with E-state index in [0.717, 1.165) is 48.7 Å². The SMILES string of the molecule is CC1CCN(c2nc3ccccc3nc2Oc2ccccc2Cl)CC1. The first-order chi connectivity index (χ1) is 12.2. The van der Waals surface area contributed by atoms with Gasteiger partial charge in [0, 0.05) is 13.1 Å². The van der Waals surface area contributed by atoms with Gasteiger partial charge in [0.1, 0.15) is 5.75 Å². The smallest absolute Gasteiger partial charge is 0.263 e. The number of aromatic nitrogens is 2. The van der Waals surface area contributed by atoms with Crippen molar-refractivity contribution in [3.8, 4) is 11.6 Å². The molecule has 128 valence electrons. The average Bonchev–Trinajstić information content (AvgIpc) is 2.64. The Kier molecular flexibility index (Phi) is 4.45. The van der Waals surface area contributed by atoms with E-state index in [4.69, 9.17) is 26.3 Å². The van der Waals surface area contributed by atoms with Crippen LogP contribution >= 0.6 is 11.6 Å². The molecule has 2 aromatic carbocycles. The Morgan fingerprint density at radius 1 is 0.960 bits per heavy atom. The fourth-order valence-corrected chi connectivity index (χ4v) is 3.28. The molecular weight excluding hydrogens is 334 g/mol. The molecule has 1 saturated heterocycles. The highest BCUT2D eigenvalue weighted by Gasteiger charge is 2.22. The van der Waals surface area contributed by atoms with Gasteiger partial charge in [-0.3, -0.25) is 0 Å². The van der Waals surface area contributed by atoms with Crippen LogP contribution in [0.5, 0.6) is 11.6 Å². The molecule has 0 radical (unpaired) electrons. The van der Waals surface area contributed by atoms with Crippen LogP contribution in [0.3, 0.4) is 0 Å². The predicted molar refractivity (Wildman–Crippen MR) is 102 cm³/mol. The zero-order chi connectivity index (χ0) is 17.2. The standard InChI is InChI=1S/C20H20ClN3O/c1-14-10-12-24(13-11-14)19-20(25-18-9-5-2-6-15(18)21)23-17-8-4-3-7-16(17)22-19/h2-9,14H,10-13H2,1H3. The quantitative estimate of drug-likeness (QED) is 0.639. The first-order valence-electron chi connectivity index (χ1n) is 8.65. The van der Waals surface area contributed by atoms with Crippen LogP contribution in [-0.4, -0.2) is 23.1 Å². The molecule has 1 aliphatic rings. The van der Waals surface area contributed by atoms with Crippen LogP contribution in [0.4, 0.5) is 5.82 Å². The number of hydrogen-bond donors (Lipinski definition) is 0. The van der Waals surface area contributed by atoms with E-state index in [0.29, 0.717) is 16.7 Å². The lowest BCUT2D eigenvalue weighted by atomic mass is 9.99. The van der Waals surface area contributed by atoms with E-state index in [1.54, 1.807) is 0 Å². The average molecular weight is 354 g/mol. The van der Waals surface area contributed by atoms with Gasteiger partial charge in [-0.1, -0.05) is 42.8 Å². The lowest BCUT2D eigenvalue weighted by Gasteiger charge is -2.31. The summed E-state index contributed by atoms with van der Waals surface area (Å²) in [6.07, 6.45) is 2.31. The summed E-state index contributed by atoms with van der Waals surface area (Å²) >= 11 is 6.26. The van der Waals surface area contributed by atoms with Crippen molar-refractivity contribution >= 4 is 28.5 Å². The minimum absolute atomic E-state index is 0.515. The second-order valence-corrected chi connectivity index (χ2v) is 6.95. The van der Waals surface area contributed by atoms with Gasteiger partial charge in [-0.25, -0.2) is 9.97 Å². The first-order valence-corrected chi connectivity index (χ1v) is 9.02. The van der Waals surface area contributed by atoms with Crippen molar-refractivity contribution < 1.29 is 4.74 Å². The van der Waals surface area contributed by atoms with Crippen molar-refractivity contribution in [2.75, 3.05) is 18.0 Å². The zero-order valence-electron chi connectivity index (χ0n) is 14.2. The van der Waals surface area contributed by atoms with Gasteiger partial charge in [0.05, 0.1) is 16.1 Å². The molecule has 0 spiro atoms. The Morgan fingerprint density at radius 2 is 1.60 bits per heavy atom. The van der Waals surface area contributed by atoms with Crippen LogP contribution in [0.1, 0.15) is 19.8 Å². The lowest BCUT2D eigenvalue weighted by Crippen LogP contribution is -2.33. The monoisotopic (exact) mass is 353 g/mol. The van der Waals surface area contributed by atoms with Crippen molar-refractivity contribution in [3.63, 3.8) is 0 Å². The van der Waals surface area contributed by atoms with Crippen LogP contribution in [0.15, 0.2) is 48.5 Å². The van der Waals surface area contributed by atoms with E-state index in [9.17, 15) is 0 Å². The molecule has 0 unspecified atom stereocenters. The Morgan fingerprint density at radius 3 is 2.32 bits per heavy atom. The summed E-state index contributed by atoms with van der Waals surface area (Å²) in [5.74, 6) is 2.66. The van der Waals surface area contributed by atoms with Gasteiger partial charge in [0.2, 0.25) is 0 Å². The Hall–Kier alpha value is -2.33. The summed E-state index contributed by atoms with van der Waals surface area (Å²) in [5, 5.41) is 0.565. The molecular formula is C20H20ClN3O.